The third-order valence-electron chi connectivity index (χ3n) is 2.17. The molecule has 0 spiro atoms. The Kier molecular flexibility index (Phi) is 6.70. The minimum atomic E-state index is -0.401. The van der Waals surface area contributed by atoms with Crippen LogP contribution in [0.5, 0.6) is 0 Å². The lowest BCUT2D eigenvalue weighted by Crippen LogP contribution is -2.43. The van der Waals surface area contributed by atoms with Gasteiger partial charge in [0.05, 0.1) is 13.7 Å². The van der Waals surface area contributed by atoms with E-state index in [-0.39, 0.29) is 18.4 Å². The van der Waals surface area contributed by atoms with Gasteiger partial charge < -0.3 is 10.1 Å². The van der Waals surface area contributed by atoms with E-state index in [4.69, 9.17) is 0 Å². The molecule has 1 unspecified atom stereocenters. The van der Waals surface area contributed by atoms with Crippen LogP contribution in [0.1, 0.15) is 20.3 Å². The molecule has 0 bridgehead atoms. The van der Waals surface area contributed by atoms with Crippen LogP contribution in [0.15, 0.2) is 0 Å². The summed E-state index contributed by atoms with van der Waals surface area (Å²) in [7, 11) is 3.05. The fourth-order valence-electron chi connectivity index (χ4n) is 1.03. The first kappa shape index (κ1) is 13.9. The average Bonchev–Trinajstić information content (AvgIpc) is 2.23. The number of carbonyl (C=O) groups is 2. The zero-order chi connectivity index (χ0) is 11.8. The van der Waals surface area contributed by atoms with E-state index in [0.29, 0.717) is 6.54 Å². The van der Waals surface area contributed by atoms with Gasteiger partial charge >= 0.3 is 5.97 Å². The number of rotatable bonds is 6. The topological polar surface area (TPSA) is 58.6 Å². The fourth-order valence-corrected chi connectivity index (χ4v) is 1.03. The van der Waals surface area contributed by atoms with E-state index >= 15 is 0 Å². The maximum Gasteiger partial charge on any atom is 0.322 e. The molecule has 0 heterocycles. The molecule has 5 nitrogen and oxygen atoms in total. The van der Waals surface area contributed by atoms with Crippen LogP contribution in [0.3, 0.4) is 0 Å². The Morgan fingerprint density at radius 2 is 2.07 bits per heavy atom. The van der Waals surface area contributed by atoms with Gasteiger partial charge in [0.1, 0.15) is 6.04 Å². The highest BCUT2D eigenvalue weighted by Gasteiger charge is 2.19. The van der Waals surface area contributed by atoms with Gasteiger partial charge in [-0.25, -0.2) is 0 Å². The lowest BCUT2D eigenvalue weighted by atomic mass is 10.3. The van der Waals surface area contributed by atoms with Gasteiger partial charge in [-0.3, -0.25) is 14.5 Å². The van der Waals surface area contributed by atoms with Gasteiger partial charge in [-0.2, -0.15) is 0 Å². The van der Waals surface area contributed by atoms with E-state index in [9.17, 15) is 9.59 Å². The monoisotopic (exact) mass is 216 g/mol. The lowest BCUT2D eigenvalue weighted by molar-refractivity contribution is -0.146. The normalized spacial score (nSPS) is 12.3. The number of likely N-dealkylation sites (N-methyl/N-ethyl adjacent to an activating group) is 1. The molecule has 0 fully saturated rings. The maximum atomic E-state index is 11.3. The summed E-state index contributed by atoms with van der Waals surface area (Å²) in [5, 5.41) is 2.74. The van der Waals surface area contributed by atoms with Crippen molar-refractivity contribution in [3.05, 3.63) is 0 Å². The summed E-state index contributed by atoms with van der Waals surface area (Å²) < 4.78 is 4.58. The third-order valence-corrected chi connectivity index (χ3v) is 2.17. The van der Waals surface area contributed by atoms with Gasteiger partial charge in [0, 0.05) is 6.54 Å². The quantitative estimate of drug-likeness (QED) is 0.635. The van der Waals surface area contributed by atoms with Crippen molar-refractivity contribution in [2.75, 3.05) is 27.2 Å². The number of hydrogen-bond donors (Lipinski definition) is 1. The highest BCUT2D eigenvalue weighted by atomic mass is 16.5. The molecule has 0 rings (SSSR count). The largest absolute Gasteiger partial charge is 0.468 e. The summed E-state index contributed by atoms with van der Waals surface area (Å²) in [6.45, 7) is 4.57. The summed E-state index contributed by atoms with van der Waals surface area (Å²) in [5.41, 5.74) is 0. The molecular formula is C10H20N2O3. The molecule has 0 aliphatic rings. The average molecular weight is 216 g/mol. The SMILES string of the molecule is CCCNC(=O)CN(C)C(C)C(=O)OC. The van der Waals surface area contributed by atoms with Gasteiger partial charge in [0.2, 0.25) is 5.91 Å². The van der Waals surface area contributed by atoms with Crippen molar-refractivity contribution in [3.8, 4) is 0 Å². The highest BCUT2D eigenvalue weighted by Crippen LogP contribution is 1.96. The van der Waals surface area contributed by atoms with Gasteiger partial charge in [0.25, 0.3) is 0 Å². The van der Waals surface area contributed by atoms with Crippen LogP contribution in [0.2, 0.25) is 0 Å². The molecule has 0 aromatic carbocycles. The van der Waals surface area contributed by atoms with E-state index in [1.54, 1.807) is 18.9 Å². The van der Waals surface area contributed by atoms with Crippen LogP contribution in [0, 0.1) is 0 Å². The van der Waals surface area contributed by atoms with Gasteiger partial charge in [-0.05, 0) is 20.4 Å². The molecular weight excluding hydrogens is 196 g/mol. The number of ether oxygens (including phenoxy) is 1. The van der Waals surface area contributed by atoms with Crippen LogP contribution in [-0.4, -0.2) is 50.1 Å². The van der Waals surface area contributed by atoms with Crippen molar-refractivity contribution in [1.82, 2.24) is 10.2 Å². The number of carbonyl (C=O) groups excluding carboxylic acids is 2. The first-order valence-corrected chi connectivity index (χ1v) is 5.07. The Bertz CT molecular complexity index is 219. The van der Waals surface area contributed by atoms with E-state index in [2.05, 4.69) is 10.1 Å². The smallest absolute Gasteiger partial charge is 0.322 e. The zero-order valence-electron chi connectivity index (χ0n) is 9.87. The molecule has 1 amide bonds. The summed E-state index contributed by atoms with van der Waals surface area (Å²) in [5.74, 6) is -0.407. The second-order valence-electron chi connectivity index (χ2n) is 3.46. The Hall–Kier alpha value is -1.10. The Balaban J connectivity index is 3.95. The molecule has 0 aromatic rings. The third kappa shape index (κ3) is 5.37. The van der Waals surface area contributed by atoms with Gasteiger partial charge in [0.15, 0.2) is 0 Å². The minimum absolute atomic E-state index is 0.0740. The Morgan fingerprint density at radius 3 is 2.53 bits per heavy atom. The molecule has 88 valence electrons. The van der Waals surface area contributed by atoms with Crippen LogP contribution in [0.4, 0.5) is 0 Å². The van der Waals surface area contributed by atoms with Crippen molar-refractivity contribution in [2.24, 2.45) is 0 Å². The molecule has 15 heavy (non-hydrogen) atoms. The molecule has 0 saturated carbocycles. The van der Waals surface area contributed by atoms with E-state index in [1.165, 1.54) is 7.11 Å². The summed E-state index contributed by atoms with van der Waals surface area (Å²) in [4.78, 5) is 24.1. The van der Waals surface area contributed by atoms with Crippen molar-refractivity contribution < 1.29 is 14.3 Å². The predicted octanol–water partition coefficient (Wildman–Crippen LogP) is 0.00590. The maximum absolute atomic E-state index is 11.3. The second kappa shape index (κ2) is 7.23. The van der Waals surface area contributed by atoms with Gasteiger partial charge in [-0.15, -0.1) is 0 Å². The molecule has 0 saturated heterocycles. The summed E-state index contributed by atoms with van der Waals surface area (Å²) in [6.07, 6.45) is 0.905. The molecule has 0 aromatic heterocycles. The highest BCUT2D eigenvalue weighted by molar-refractivity contribution is 5.80. The Morgan fingerprint density at radius 1 is 1.47 bits per heavy atom. The van der Waals surface area contributed by atoms with Crippen LogP contribution in [-0.2, 0) is 14.3 Å². The lowest BCUT2D eigenvalue weighted by Gasteiger charge is -2.21. The molecule has 5 heteroatoms. The first-order chi connectivity index (χ1) is 7.02. The predicted molar refractivity (Wildman–Crippen MR) is 57.4 cm³/mol. The number of hydrogen-bond acceptors (Lipinski definition) is 4. The Labute approximate surface area is 90.8 Å². The second-order valence-corrected chi connectivity index (χ2v) is 3.46. The van der Waals surface area contributed by atoms with E-state index < -0.39 is 6.04 Å². The van der Waals surface area contributed by atoms with Crippen LogP contribution >= 0.6 is 0 Å². The van der Waals surface area contributed by atoms with Crippen molar-refractivity contribution >= 4 is 11.9 Å². The first-order valence-electron chi connectivity index (χ1n) is 5.07. The van der Waals surface area contributed by atoms with Crippen molar-refractivity contribution in [3.63, 3.8) is 0 Å². The van der Waals surface area contributed by atoms with E-state index in [1.807, 2.05) is 6.92 Å². The number of methoxy groups -OCH3 is 1. The fraction of sp³-hybridized carbons (Fsp3) is 0.800. The van der Waals surface area contributed by atoms with Crippen molar-refractivity contribution in [1.29, 1.82) is 0 Å². The molecule has 0 aliphatic heterocycles. The van der Waals surface area contributed by atoms with E-state index in [0.717, 1.165) is 6.42 Å². The standard InChI is InChI=1S/C10H20N2O3/c1-5-6-11-9(13)7-12(3)8(2)10(14)15-4/h8H,5-7H2,1-4H3,(H,11,13). The summed E-state index contributed by atoms with van der Waals surface area (Å²) in [6, 6.07) is -0.401. The number of esters is 1. The number of amides is 1. The molecule has 1 atom stereocenters. The summed E-state index contributed by atoms with van der Waals surface area (Å²) >= 11 is 0. The minimum Gasteiger partial charge on any atom is -0.468 e. The van der Waals surface area contributed by atoms with Crippen LogP contribution < -0.4 is 5.32 Å². The van der Waals surface area contributed by atoms with Gasteiger partial charge in [-0.1, -0.05) is 6.92 Å². The number of nitrogens with zero attached hydrogens (tertiary/aromatic N) is 1. The molecule has 0 aliphatic carbocycles. The van der Waals surface area contributed by atoms with Crippen LogP contribution in [0.25, 0.3) is 0 Å². The molecule has 1 N–H and O–H groups in total. The molecule has 0 radical (unpaired) electrons. The zero-order valence-corrected chi connectivity index (χ0v) is 9.87. The number of nitrogens with one attached hydrogen (secondary N) is 1. The van der Waals surface area contributed by atoms with Crippen molar-refractivity contribution in [2.45, 2.75) is 26.3 Å².